The zero-order valence-electron chi connectivity index (χ0n) is 9.44. The Labute approximate surface area is 111 Å². The van der Waals surface area contributed by atoms with Crippen molar-refractivity contribution in [3.8, 4) is 0 Å². The number of allylic oxidation sites excluding steroid dienone is 1. The van der Waals surface area contributed by atoms with Crippen LogP contribution in [-0.2, 0) is 6.42 Å². The first-order valence-electron chi connectivity index (χ1n) is 5.28. The highest BCUT2D eigenvalue weighted by molar-refractivity contribution is 8.93. The number of nitrogens with zero attached hydrogens (tertiary/aromatic N) is 1. The Balaban J connectivity index is 0.00000144. The number of aliphatic hydroxyl groups is 1. The van der Waals surface area contributed by atoms with Gasteiger partial charge in [0.25, 0.3) is 0 Å². The molecule has 0 spiro atoms. The summed E-state index contributed by atoms with van der Waals surface area (Å²) in [4.78, 5) is 7.60. The van der Waals surface area contributed by atoms with Gasteiger partial charge in [0.15, 0.2) is 0 Å². The first kappa shape index (κ1) is 13.7. The maximum atomic E-state index is 8.72. The van der Waals surface area contributed by atoms with Gasteiger partial charge in [-0.25, -0.2) is 4.98 Å². The third-order valence-electron chi connectivity index (χ3n) is 2.36. The highest BCUT2D eigenvalue weighted by Gasteiger charge is 2.05. The van der Waals surface area contributed by atoms with Gasteiger partial charge in [0, 0.05) is 6.54 Å². The van der Waals surface area contributed by atoms with E-state index in [0.29, 0.717) is 12.5 Å². The van der Waals surface area contributed by atoms with E-state index >= 15 is 0 Å². The third-order valence-corrected chi connectivity index (χ3v) is 2.36. The van der Waals surface area contributed by atoms with Crippen LogP contribution in [0.25, 0.3) is 11.0 Å². The SMILES string of the molecule is Br.C=CCc1cccc2[nH]c(NCCO)nc12. The number of hydrogen-bond donors (Lipinski definition) is 3. The van der Waals surface area contributed by atoms with Crippen molar-refractivity contribution in [2.75, 3.05) is 18.5 Å². The van der Waals surface area contributed by atoms with E-state index in [1.54, 1.807) is 0 Å². The van der Waals surface area contributed by atoms with Gasteiger partial charge < -0.3 is 15.4 Å². The second kappa shape index (κ2) is 6.42. The fourth-order valence-electron chi connectivity index (χ4n) is 1.67. The molecule has 0 amide bonds. The van der Waals surface area contributed by atoms with Crippen LogP contribution in [0.15, 0.2) is 30.9 Å². The summed E-state index contributed by atoms with van der Waals surface area (Å²) >= 11 is 0. The van der Waals surface area contributed by atoms with Crippen LogP contribution in [0.5, 0.6) is 0 Å². The van der Waals surface area contributed by atoms with Crippen molar-refractivity contribution in [3.05, 3.63) is 36.4 Å². The predicted octanol–water partition coefficient (Wildman–Crippen LogP) is 2.27. The predicted molar refractivity (Wildman–Crippen MR) is 75.9 cm³/mol. The van der Waals surface area contributed by atoms with Gasteiger partial charge in [-0.15, -0.1) is 23.6 Å². The van der Waals surface area contributed by atoms with Crippen molar-refractivity contribution in [1.29, 1.82) is 0 Å². The van der Waals surface area contributed by atoms with Crippen molar-refractivity contribution < 1.29 is 5.11 Å². The van der Waals surface area contributed by atoms with Crippen LogP contribution in [0, 0.1) is 0 Å². The number of benzene rings is 1. The number of aliphatic hydroxyl groups excluding tert-OH is 1. The van der Waals surface area contributed by atoms with Crippen molar-refractivity contribution in [2.24, 2.45) is 0 Å². The summed E-state index contributed by atoms with van der Waals surface area (Å²) in [6, 6.07) is 6.02. The van der Waals surface area contributed by atoms with Gasteiger partial charge in [-0.2, -0.15) is 0 Å². The van der Waals surface area contributed by atoms with Gasteiger partial charge in [-0.3, -0.25) is 0 Å². The summed E-state index contributed by atoms with van der Waals surface area (Å²) in [5.41, 5.74) is 3.11. The van der Waals surface area contributed by atoms with Crippen LogP contribution < -0.4 is 5.32 Å². The first-order valence-corrected chi connectivity index (χ1v) is 5.28. The maximum Gasteiger partial charge on any atom is 0.201 e. The van der Waals surface area contributed by atoms with E-state index in [9.17, 15) is 0 Å². The van der Waals surface area contributed by atoms with Gasteiger partial charge in [-0.1, -0.05) is 18.2 Å². The van der Waals surface area contributed by atoms with Crippen LogP contribution in [0.1, 0.15) is 5.56 Å². The normalized spacial score (nSPS) is 9.94. The second-order valence-corrected chi connectivity index (χ2v) is 3.54. The number of fused-ring (bicyclic) bond motifs is 1. The largest absolute Gasteiger partial charge is 0.395 e. The summed E-state index contributed by atoms with van der Waals surface area (Å²) in [6.07, 6.45) is 2.67. The fourth-order valence-corrected chi connectivity index (χ4v) is 1.67. The molecular weight excluding hydrogens is 282 g/mol. The van der Waals surface area contributed by atoms with Crippen molar-refractivity contribution in [2.45, 2.75) is 6.42 Å². The Kier molecular flexibility index (Phi) is 5.18. The summed E-state index contributed by atoms with van der Waals surface area (Å²) in [5.74, 6) is 0.695. The van der Waals surface area contributed by atoms with E-state index in [4.69, 9.17) is 5.11 Å². The molecule has 0 radical (unpaired) electrons. The number of anilines is 1. The van der Waals surface area contributed by atoms with Crippen LogP contribution >= 0.6 is 17.0 Å². The third kappa shape index (κ3) is 3.08. The minimum absolute atomic E-state index is 0. The fraction of sp³-hybridized carbons (Fsp3) is 0.250. The Hall–Kier alpha value is -1.33. The number of rotatable bonds is 5. The van der Waals surface area contributed by atoms with E-state index in [0.717, 1.165) is 23.0 Å². The number of halogens is 1. The van der Waals surface area contributed by atoms with Gasteiger partial charge in [-0.05, 0) is 18.1 Å². The zero-order valence-corrected chi connectivity index (χ0v) is 11.2. The molecule has 0 aliphatic rings. The monoisotopic (exact) mass is 297 g/mol. The molecule has 0 aliphatic carbocycles. The summed E-state index contributed by atoms with van der Waals surface area (Å²) in [6.45, 7) is 4.32. The lowest BCUT2D eigenvalue weighted by molar-refractivity contribution is 0.311. The molecule has 2 rings (SSSR count). The van der Waals surface area contributed by atoms with E-state index in [-0.39, 0.29) is 23.6 Å². The van der Waals surface area contributed by atoms with Crippen molar-refractivity contribution in [1.82, 2.24) is 9.97 Å². The lowest BCUT2D eigenvalue weighted by Crippen LogP contribution is -2.06. The molecule has 0 unspecified atom stereocenters. The van der Waals surface area contributed by atoms with Crippen LogP contribution in [0.4, 0.5) is 5.95 Å². The molecule has 1 heterocycles. The molecule has 17 heavy (non-hydrogen) atoms. The second-order valence-electron chi connectivity index (χ2n) is 3.54. The van der Waals surface area contributed by atoms with Gasteiger partial charge in [0.1, 0.15) is 0 Å². The lowest BCUT2D eigenvalue weighted by atomic mass is 10.1. The Morgan fingerprint density at radius 3 is 3.00 bits per heavy atom. The Bertz CT molecular complexity index is 495. The number of imidazole rings is 1. The number of aromatic amines is 1. The number of para-hydroxylation sites is 1. The Morgan fingerprint density at radius 2 is 2.29 bits per heavy atom. The quantitative estimate of drug-likeness (QED) is 0.742. The highest BCUT2D eigenvalue weighted by Crippen LogP contribution is 2.19. The molecule has 0 atom stereocenters. The molecule has 0 saturated heterocycles. The molecule has 4 nitrogen and oxygen atoms in total. The van der Waals surface area contributed by atoms with Crippen LogP contribution in [0.2, 0.25) is 0 Å². The van der Waals surface area contributed by atoms with Gasteiger partial charge >= 0.3 is 0 Å². The molecule has 1 aromatic carbocycles. The molecular formula is C12H16BrN3O. The van der Waals surface area contributed by atoms with E-state index in [2.05, 4.69) is 21.9 Å². The van der Waals surface area contributed by atoms with Crippen LogP contribution in [0.3, 0.4) is 0 Å². The minimum atomic E-state index is 0. The number of H-pyrrole nitrogens is 1. The molecule has 92 valence electrons. The van der Waals surface area contributed by atoms with Crippen molar-refractivity contribution >= 4 is 34.0 Å². The summed E-state index contributed by atoms with van der Waals surface area (Å²) in [5, 5.41) is 11.7. The summed E-state index contributed by atoms with van der Waals surface area (Å²) < 4.78 is 0. The number of hydrogen-bond acceptors (Lipinski definition) is 3. The summed E-state index contributed by atoms with van der Waals surface area (Å²) in [7, 11) is 0. The molecule has 0 bridgehead atoms. The molecule has 5 heteroatoms. The van der Waals surface area contributed by atoms with Crippen LogP contribution in [-0.4, -0.2) is 28.2 Å². The molecule has 0 fully saturated rings. The van der Waals surface area contributed by atoms with Crippen molar-refractivity contribution in [3.63, 3.8) is 0 Å². The van der Waals surface area contributed by atoms with Gasteiger partial charge in [0.05, 0.1) is 17.6 Å². The zero-order chi connectivity index (χ0) is 11.4. The maximum absolute atomic E-state index is 8.72. The number of nitrogens with one attached hydrogen (secondary N) is 2. The van der Waals surface area contributed by atoms with E-state index in [1.807, 2.05) is 24.3 Å². The van der Waals surface area contributed by atoms with Gasteiger partial charge in [0.2, 0.25) is 5.95 Å². The van der Waals surface area contributed by atoms with E-state index < -0.39 is 0 Å². The first-order chi connectivity index (χ1) is 7.85. The highest BCUT2D eigenvalue weighted by atomic mass is 79.9. The standard InChI is InChI=1S/C12H15N3O.BrH/c1-2-4-9-5-3-6-10-11(9)15-12(14-10)13-7-8-16;/h2-3,5-6,16H,1,4,7-8H2,(H2,13,14,15);1H. The molecule has 3 N–H and O–H groups in total. The lowest BCUT2D eigenvalue weighted by Gasteiger charge is -1.97. The number of aromatic nitrogens is 2. The smallest absolute Gasteiger partial charge is 0.201 e. The topological polar surface area (TPSA) is 60.9 Å². The van der Waals surface area contributed by atoms with E-state index in [1.165, 1.54) is 0 Å². The average Bonchev–Trinajstić information content (AvgIpc) is 2.70. The Morgan fingerprint density at radius 1 is 1.47 bits per heavy atom. The molecule has 0 saturated carbocycles. The average molecular weight is 298 g/mol. The minimum Gasteiger partial charge on any atom is -0.395 e. The molecule has 0 aliphatic heterocycles. The molecule has 1 aromatic heterocycles. The molecule has 2 aromatic rings.